The number of piperazine rings is 1. The molecule has 1 N–H and O–H groups in total. The van der Waals surface area contributed by atoms with Crippen molar-refractivity contribution in [3.63, 3.8) is 0 Å². The minimum absolute atomic E-state index is 0.0459. The topological polar surface area (TPSA) is 82.2 Å². The normalized spacial score (nSPS) is 20.6. The van der Waals surface area contributed by atoms with E-state index in [1.54, 1.807) is 55.3 Å². The SMILES string of the molecule is CCOC(=O)C1=C(CN2CCN(C(=O)c3ccccc3F)[C@@H](C)C2)N(C)C(=O)N[C@H]1c1ccc(Cl)cc1. The van der Waals surface area contributed by atoms with Gasteiger partial charge in [0.05, 0.1) is 23.8 Å². The summed E-state index contributed by atoms with van der Waals surface area (Å²) in [7, 11) is 1.61. The van der Waals surface area contributed by atoms with E-state index < -0.39 is 17.8 Å². The summed E-state index contributed by atoms with van der Waals surface area (Å²) >= 11 is 6.05. The van der Waals surface area contributed by atoms with Crippen molar-refractivity contribution in [3.8, 4) is 0 Å². The Labute approximate surface area is 220 Å². The van der Waals surface area contributed by atoms with Crippen molar-refractivity contribution in [2.75, 3.05) is 39.8 Å². The van der Waals surface area contributed by atoms with Crippen LogP contribution >= 0.6 is 11.6 Å². The monoisotopic (exact) mass is 528 g/mol. The average Bonchev–Trinajstić information content (AvgIpc) is 2.87. The third-order valence-corrected chi connectivity index (χ3v) is 6.98. The summed E-state index contributed by atoms with van der Waals surface area (Å²) in [6, 6.07) is 11.7. The molecule has 0 bridgehead atoms. The van der Waals surface area contributed by atoms with E-state index in [1.807, 2.05) is 6.92 Å². The van der Waals surface area contributed by atoms with Crippen molar-refractivity contribution in [2.24, 2.45) is 0 Å². The van der Waals surface area contributed by atoms with Crippen molar-refractivity contribution in [1.29, 1.82) is 0 Å². The number of benzene rings is 2. The van der Waals surface area contributed by atoms with Crippen LogP contribution in [0, 0.1) is 5.82 Å². The van der Waals surface area contributed by atoms with Gasteiger partial charge in [0.1, 0.15) is 5.82 Å². The molecule has 37 heavy (non-hydrogen) atoms. The van der Waals surface area contributed by atoms with Crippen LogP contribution in [0.25, 0.3) is 0 Å². The molecule has 0 radical (unpaired) electrons. The fourth-order valence-corrected chi connectivity index (χ4v) is 4.91. The van der Waals surface area contributed by atoms with Gasteiger partial charge in [-0.2, -0.15) is 0 Å². The number of hydrogen-bond donors (Lipinski definition) is 1. The summed E-state index contributed by atoms with van der Waals surface area (Å²) in [5, 5.41) is 3.43. The van der Waals surface area contributed by atoms with Crippen molar-refractivity contribution < 1.29 is 23.5 Å². The highest BCUT2D eigenvalue weighted by Crippen LogP contribution is 2.32. The van der Waals surface area contributed by atoms with E-state index in [4.69, 9.17) is 16.3 Å². The summed E-state index contributed by atoms with van der Waals surface area (Å²) in [4.78, 5) is 44.2. The number of likely N-dealkylation sites (N-methyl/N-ethyl adjacent to an activating group) is 1. The molecule has 0 unspecified atom stereocenters. The predicted molar refractivity (Wildman–Crippen MR) is 137 cm³/mol. The smallest absolute Gasteiger partial charge is 0.338 e. The third kappa shape index (κ3) is 5.62. The summed E-state index contributed by atoms with van der Waals surface area (Å²) in [5.41, 5.74) is 1.64. The van der Waals surface area contributed by atoms with Gasteiger partial charge in [-0.1, -0.05) is 35.9 Å². The van der Waals surface area contributed by atoms with E-state index in [1.165, 1.54) is 17.0 Å². The Morgan fingerprint density at radius 3 is 2.49 bits per heavy atom. The van der Waals surface area contributed by atoms with Crippen LogP contribution in [0.5, 0.6) is 0 Å². The van der Waals surface area contributed by atoms with Crippen LogP contribution in [0.1, 0.15) is 35.8 Å². The number of carbonyl (C=O) groups is 3. The zero-order valence-corrected chi connectivity index (χ0v) is 21.8. The van der Waals surface area contributed by atoms with Crippen LogP contribution in [-0.4, -0.2) is 78.5 Å². The van der Waals surface area contributed by atoms with E-state index >= 15 is 0 Å². The summed E-state index contributed by atoms with van der Waals surface area (Å²) in [5.74, 6) is -1.41. The van der Waals surface area contributed by atoms with Gasteiger partial charge in [-0.15, -0.1) is 0 Å². The van der Waals surface area contributed by atoms with Crippen LogP contribution in [0.15, 0.2) is 59.8 Å². The van der Waals surface area contributed by atoms with Gasteiger partial charge in [0.2, 0.25) is 0 Å². The van der Waals surface area contributed by atoms with E-state index in [0.29, 0.717) is 48.0 Å². The lowest BCUT2D eigenvalue weighted by molar-refractivity contribution is -0.139. The number of halogens is 2. The molecule has 2 atom stereocenters. The van der Waals surface area contributed by atoms with Crippen LogP contribution in [0.2, 0.25) is 5.02 Å². The first-order valence-electron chi connectivity index (χ1n) is 12.2. The second-order valence-electron chi connectivity index (χ2n) is 9.14. The number of carbonyl (C=O) groups excluding carboxylic acids is 3. The lowest BCUT2D eigenvalue weighted by Gasteiger charge is -2.42. The number of urea groups is 1. The van der Waals surface area contributed by atoms with Gasteiger partial charge in [0.25, 0.3) is 5.91 Å². The largest absolute Gasteiger partial charge is 0.463 e. The Balaban J connectivity index is 1.60. The number of nitrogens with one attached hydrogen (secondary N) is 1. The molecule has 2 aliphatic rings. The number of hydrogen-bond acceptors (Lipinski definition) is 5. The Bertz CT molecular complexity index is 1220. The molecule has 0 aromatic heterocycles. The maximum absolute atomic E-state index is 14.2. The average molecular weight is 529 g/mol. The van der Waals surface area contributed by atoms with E-state index in [9.17, 15) is 18.8 Å². The molecule has 2 aromatic rings. The molecule has 10 heteroatoms. The first kappa shape index (κ1) is 26.6. The van der Waals surface area contributed by atoms with Gasteiger partial charge in [0.15, 0.2) is 0 Å². The maximum atomic E-state index is 14.2. The molecule has 2 aromatic carbocycles. The van der Waals surface area contributed by atoms with Gasteiger partial charge in [-0.05, 0) is 43.7 Å². The van der Waals surface area contributed by atoms with Gasteiger partial charge in [-0.25, -0.2) is 14.0 Å². The molecule has 0 saturated carbocycles. The number of amides is 3. The molecule has 3 amide bonds. The second-order valence-corrected chi connectivity index (χ2v) is 9.57. The summed E-state index contributed by atoms with van der Waals surface area (Å²) in [6.07, 6.45) is 0. The number of nitrogens with zero attached hydrogens (tertiary/aromatic N) is 3. The van der Waals surface area contributed by atoms with Crippen molar-refractivity contribution in [1.82, 2.24) is 20.0 Å². The Morgan fingerprint density at radius 1 is 1.14 bits per heavy atom. The van der Waals surface area contributed by atoms with Crippen molar-refractivity contribution >= 4 is 29.5 Å². The molecule has 2 heterocycles. The zero-order valence-electron chi connectivity index (χ0n) is 21.0. The minimum Gasteiger partial charge on any atom is -0.463 e. The second kappa shape index (κ2) is 11.3. The van der Waals surface area contributed by atoms with E-state index in [0.717, 1.165) is 0 Å². The lowest BCUT2D eigenvalue weighted by atomic mass is 9.94. The van der Waals surface area contributed by atoms with Crippen LogP contribution in [0.3, 0.4) is 0 Å². The van der Waals surface area contributed by atoms with E-state index in [2.05, 4.69) is 10.2 Å². The van der Waals surface area contributed by atoms with Gasteiger partial charge >= 0.3 is 12.0 Å². The highest BCUT2D eigenvalue weighted by Gasteiger charge is 2.38. The number of esters is 1. The molecule has 196 valence electrons. The fourth-order valence-electron chi connectivity index (χ4n) is 4.78. The van der Waals surface area contributed by atoms with Gasteiger partial charge < -0.3 is 15.0 Å². The molecule has 1 fully saturated rings. The molecule has 2 aliphatic heterocycles. The van der Waals surface area contributed by atoms with Crippen LogP contribution in [-0.2, 0) is 9.53 Å². The zero-order chi connectivity index (χ0) is 26.7. The Morgan fingerprint density at radius 2 is 1.84 bits per heavy atom. The van der Waals surface area contributed by atoms with Crippen molar-refractivity contribution in [2.45, 2.75) is 25.9 Å². The molecule has 8 nitrogen and oxygen atoms in total. The standard InChI is InChI=1S/C27H30ClFN4O4/c1-4-37-26(35)23-22(31(3)27(36)30-24(23)18-9-11-19(28)12-10-18)16-32-13-14-33(17(2)15-32)25(34)20-7-5-6-8-21(20)29/h5-12,17,24H,4,13-16H2,1-3H3,(H,30,36)/t17-,24-/m0/s1. The van der Waals surface area contributed by atoms with Crippen LogP contribution < -0.4 is 5.32 Å². The molecule has 4 rings (SSSR count). The first-order chi connectivity index (χ1) is 17.7. The molecular formula is C27H30ClFN4O4. The van der Waals surface area contributed by atoms with Crippen LogP contribution in [0.4, 0.5) is 9.18 Å². The highest BCUT2D eigenvalue weighted by molar-refractivity contribution is 6.30. The molecular weight excluding hydrogens is 499 g/mol. The van der Waals surface area contributed by atoms with Gasteiger partial charge in [0, 0.05) is 50.0 Å². The summed E-state index contributed by atoms with van der Waals surface area (Å²) < 4.78 is 19.6. The summed E-state index contributed by atoms with van der Waals surface area (Å²) in [6.45, 7) is 5.48. The highest BCUT2D eigenvalue weighted by atomic mass is 35.5. The molecule has 0 aliphatic carbocycles. The third-order valence-electron chi connectivity index (χ3n) is 6.73. The predicted octanol–water partition coefficient (Wildman–Crippen LogP) is 3.84. The number of rotatable bonds is 6. The lowest BCUT2D eigenvalue weighted by Crippen LogP contribution is -2.56. The molecule has 1 saturated heterocycles. The Kier molecular flexibility index (Phi) is 8.14. The van der Waals surface area contributed by atoms with Crippen molar-refractivity contribution in [3.05, 3.63) is 81.8 Å². The minimum atomic E-state index is -0.698. The first-order valence-corrected chi connectivity index (χ1v) is 12.6. The van der Waals surface area contributed by atoms with Gasteiger partial charge in [-0.3, -0.25) is 14.6 Å². The number of ether oxygens (including phenoxy) is 1. The quantitative estimate of drug-likeness (QED) is 0.576. The van der Waals surface area contributed by atoms with E-state index in [-0.39, 0.29) is 30.2 Å². The molecule has 0 spiro atoms. The Hall–Kier alpha value is -3.43. The maximum Gasteiger partial charge on any atom is 0.338 e. The fraction of sp³-hybridized carbons (Fsp3) is 0.370.